The van der Waals surface area contributed by atoms with Crippen molar-refractivity contribution >= 4 is 10.9 Å². The summed E-state index contributed by atoms with van der Waals surface area (Å²) in [4.78, 5) is 2.57. The van der Waals surface area contributed by atoms with Crippen molar-refractivity contribution in [1.29, 1.82) is 0 Å². The van der Waals surface area contributed by atoms with E-state index in [0.717, 1.165) is 82.3 Å². The second-order valence-electron chi connectivity index (χ2n) is 11.9. The first kappa shape index (κ1) is 31.0. The molecule has 0 N–H and O–H groups in total. The minimum Gasteiger partial charge on any atom is -0.494 e. The van der Waals surface area contributed by atoms with Gasteiger partial charge in [-0.3, -0.25) is 0 Å². The molecule has 1 aromatic heterocycles. The molecule has 5 heteroatoms. The summed E-state index contributed by atoms with van der Waals surface area (Å²) >= 11 is 0. The van der Waals surface area contributed by atoms with Crippen molar-refractivity contribution in [3.05, 3.63) is 77.9 Å². The molecule has 1 fully saturated rings. The molecule has 0 saturated carbocycles. The number of hydrogen-bond acceptors (Lipinski definition) is 4. The molecule has 0 bridgehead atoms. The van der Waals surface area contributed by atoms with E-state index in [2.05, 4.69) is 97.0 Å². The Hall–Kier alpha value is -3.44. The monoisotopic (exact) mass is 582 g/mol. The van der Waals surface area contributed by atoms with Crippen molar-refractivity contribution in [2.24, 2.45) is 0 Å². The van der Waals surface area contributed by atoms with E-state index < -0.39 is 0 Å². The van der Waals surface area contributed by atoms with Gasteiger partial charge in [-0.15, -0.1) is 0 Å². The van der Waals surface area contributed by atoms with E-state index in [1.54, 1.807) is 0 Å². The average molecular weight is 583 g/mol. The summed E-state index contributed by atoms with van der Waals surface area (Å²) < 4.78 is 20.6. The molecule has 2 heterocycles. The summed E-state index contributed by atoms with van der Waals surface area (Å²) in [7, 11) is 0. The molecule has 1 aliphatic heterocycles. The SMILES string of the molecule is CCCCOc1ccc(-c2c(C)c3cc(OCCCC)ccc3n2Cc2ccc(OCCCN3CCCCC3)cc2)cc1. The zero-order chi connectivity index (χ0) is 29.9. The smallest absolute Gasteiger partial charge is 0.120 e. The maximum atomic E-state index is 6.11. The van der Waals surface area contributed by atoms with Gasteiger partial charge in [0.15, 0.2) is 0 Å². The van der Waals surface area contributed by atoms with Gasteiger partial charge in [-0.2, -0.15) is 0 Å². The van der Waals surface area contributed by atoms with Crippen molar-refractivity contribution in [2.75, 3.05) is 39.5 Å². The predicted octanol–water partition coefficient (Wildman–Crippen LogP) is 9.28. The number of nitrogens with zero attached hydrogens (tertiary/aromatic N) is 2. The molecule has 0 amide bonds. The highest BCUT2D eigenvalue weighted by Gasteiger charge is 2.17. The maximum absolute atomic E-state index is 6.11. The van der Waals surface area contributed by atoms with Crippen LogP contribution in [-0.4, -0.2) is 48.9 Å². The van der Waals surface area contributed by atoms with Crippen LogP contribution < -0.4 is 14.2 Å². The van der Waals surface area contributed by atoms with Gasteiger partial charge in [0.25, 0.3) is 0 Å². The second-order valence-corrected chi connectivity index (χ2v) is 11.9. The van der Waals surface area contributed by atoms with Crippen molar-refractivity contribution < 1.29 is 14.2 Å². The van der Waals surface area contributed by atoms with Crippen LogP contribution in [0, 0.1) is 6.92 Å². The highest BCUT2D eigenvalue weighted by molar-refractivity contribution is 5.92. The van der Waals surface area contributed by atoms with Crippen molar-refractivity contribution in [2.45, 2.75) is 78.7 Å². The molecule has 0 radical (unpaired) electrons. The van der Waals surface area contributed by atoms with Crippen LogP contribution in [0.2, 0.25) is 0 Å². The van der Waals surface area contributed by atoms with Crippen LogP contribution in [0.15, 0.2) is 66.7 Å². The molecule has 43 heavy (non-hydrogen) atoms. The number of rotatable bonds is 16. The van der Waals surface area contributed by atoms with Gasteiger partial charge in [-0.25, -0.2) is 0 Å². The highest BCUT2D eigenvalue weighted by Crippen LogP contribution is 2.36. The number of piperidine rings is 1. The summed E-state index contributed by atoms with van der Waals surface area (Å²) in [6.45, 7) is 13.3. The van der Waals surface area contributed by atoms with E-state index in [1.807, 2.05) is 0 Å². The normalized spacial score (nSPS) is 13.8. The Labute approximate surface area is 258 Å². The quantitative estimate of drug-likeness (QED) is 0.123. The molecular formula is C38H50N2O3. The molecule has 0 atom stereocenters. The third kappa shape index (κ3) is 8.35. The summed E-state index contributed by atoms with van der Waals surface area (Å²) in [6, 6.07) is 23.8. The van der Waals surface area contributed by atoms with Crippen molar-refractivity contribution in [3.63, 3.8) is 0 Å². The third-order valence-corrected chi connectivity index (χ3v) is 8.55. The predicted molar refractivity (Wildman–Crippen MR) is 179 cm³/mol. The van der Waals surface area contributed by atoms with Gasteiger partial charge >= 0.3 is 0 Å². The number of aromatic nitrogens is 1. The van der Waals surface area contributed by atoms with Gasteiger partial charge in [0.05, 0.1) is 25.5 Å². The maximum Gasteiger partial charge on any atom is 0.120 e. The van der Waals surface area contributed by atoms with Gasteiger partial charge < -0.3 is 23.7 Å². The Kier molecular flexibility index (Phi) is 11.4. The Morgan fingerprint density at radius 3 is 1.88 bits per heavy atom. The standard InChI is InChI=1S/C38H50N2O3/c1-4-6-25-41-34-18-14-32(15-19-34)38-30(3)36-28-35(43-26-7-5-2)20-21-37(36)40(38)29-31-12-16-33(17-13-31)42-27-11-24-39-22-9-8-10-23-39/h12-21,28H,4-11,22-27,29H2,1-3H3. The van der Waals surface area contributed by atoms with Crippen molar-refractivity contribution in [1.82, 2.24) is 9.47 Å². The van der Waals surface area contributed by atoms with Crippen LogP contribution in [0.1, 0.15) is 76.3 Å². The molecule has 5 rings (SSSR count). The number of unbranched alkanes of at least 4 members (excludes halogenated alkanes) is 2. The molecule has 1 saturated heterocycles. The van der Waals surface area contributed by atoms with Crippen LogP contribution in [0.4, 0.5) is 0 Å². The second kappa shape index (κ2) is 15.9. The fraction of sp³-hybridized carbons (Fsp3) is 0.474. The van der Waals surface area contributed by atoms with Crippen LogP contribution >= 0.6 is 0 Å². The van der Waals surface area contributed by atoms with E-state index in [-0.39, 0.29) is 0 Å². The number of benzene rings is 3. The van der Waals surface area contributed by atoms with E-state index in [0.29, 0.717) is 0 Å². The van der Waals surface area contributed by atoms with Crippen LogP contribution in [0.5, 0.6) is 17.2 Å². The Balaban J connectivity index is 1.34. The minimum atomic E-state index is 0.751. The first-order valence-corrected chi connectivity index (χ1v) is 16.6. The molecule has 3 aromatic carbocycles. The summed E-state index contributed by atoms with van der Waals surface area (Å²) in [6.07, 6.45) is 9.53. The van der Waals surface area contributed by atoms with Crippen LogP contribution in [0.25, 0.3) is 22.2 Å². The Morgan fingerprint density at radius 1 is 0.651 bits per heavy atom. The third-order valence-electron chi connectivity index (χ3n) is 8.55. The zero-order valence-electron chi connectivity index (χ0n) is 26.6. The lowest BCUT2D eigenvalue weighted by atomic mass is 10.1. The van der Waals surface area contributed by atoms with Gasteiger partial charge in [0.1, 0.15) is 17.2 Å². The lowest BCUT2D eigenvalue weighted by molar-refractivity contribution is 0.205. The molecule has 1 aliphatic rings. The molecule has 4 aromatic rings. The first-order chi connectivity index (χ1) is 21.2. The van der Waals surface area contributed by atoms with Gasteiger partial charge in [-0.05, 0) is 123 Å². The van der Waals surface area contributed by atoms with E-state index in [1.165, 1.54) is 65.6 Å². The lowest BCUT2D eigenvalue weighted by Crippen LogP contribution is -2.31. The zero-order valence-corrected chi connectivity index (χ0v) is 26.6. The summed E-state index contributed by atoms with van der Waals surface area (Å²) in [5.74, 6) is 2.81. The molecule has 0 spiro atoms. The van der Waals surface area contributed by atoms with E-state index in [4.69, 9.17) is 14.2 Å². The number of hydrogen-bond donors (Lipinski definition) is 0. The Morgan fingerprint density at radius 2 is 1.23 bits per heavy atom. The highest BCUT2D eigenvalue weighted by atomic mass is 16.5. The topological polar surface area (TPSA) is 35.9 Å². The number of ether oxygens (including phenoxy) is 3. The summed E-state index contributed by atoms with van der Waals surface area (Å²) in [5.41, 5.74) is 6.17. The largest absolute Gasteiger partial charge is 0.494 e. The Bertz CT molecular complexity index is 1400. The number of aryl methyl sites for hydroxylation is 1. The summed E-state index contributed by atoms with van der Waals surface area (Å²) in [5, 5.41) is 1.24. The molecule has 0 unspecified atom stereocenters. The van der Waals surface area contributed by atoms with E-state index >= 15 is 0 Å². The average Bonchev–Trinajstić information content (AvgIpc) is 3.31. The van der Waals surface area contributed by atoms with Gasteiger partial charge in [0.2, 0.25) is 0 Å². The van der Waals surface area contributed by atoms with Crippen molar-refractivity contribution in [3.8, 4) is 28.5 Å². The van der Waals surface area contributed by atoms with E-state index in [9.17, 15) is 0 Å². The minimum absolute atomic E-state index is 0.751. The fourth-order valence-electron chi connectivity index (χ4n) is 6.04. The van der Waals surface area contributed by atoms with Gasteiger partial charge in [-0.1, -0.05) is 45.2 Å². The number of likely N-dealkylation sites (tertiary alicyclic amines) is 1. The number of fused-ring (bicyclic) bond motifs is 1. The van der Waals surface area contributed by atoms with Crippen LogP contribution in [0.3, 0.4) is 0 Å². The molecule has 0 aliphatic carbocycles. The first-order valence-electron chi connectivity index (χ1n) is 16.6. The molecule has 230 valence electrons. The van der Waals surface area contributed by atoms with Crippen LogP contribution in [-0.2, 0) is 6.54 Å². The fourth-order valence-corrected chi connectivity index (χ4v) is 6.04. The lowest BCUT2D eigenvalue weighted by Gasteiger charge is -2.26. The molecular weight excluding hydrogens is 532 g/mol. The van der Waals surface area contributed by atoms with Gasteiger partial charge in [0, 0.05) is 24.0 Å². The molecule has 5 nitrogen and oxygen atoms in total.